The van der Waals surface area contributed by atoms with E-state index in [2.05, 4.69) is 128 Å². The molecule has 0 fully saturated rings. The Bertz CT molecular complexity index is 2670. The van der Waals surface area contributed by atoms with E-state index in [1.165, 1.54) is 11.1 Å². The van der Waals surface area contributed by atoms with Gasteiger partial charge in [0, 0.05) is 33.0 Å². The molecule has 2 aliphatic rings. The molecule has 10 rings (SSSR count). The zero-order valence-electron chi connectivity index (χ0n) is 27.8. The number of fused-ring (bicyclic) bond motifs is 6. The summed E-state index contributed by atoms with van der Waals surface area (Å²) in [6.07, 6.45) is 4.37. The molecule has 0 saturated heterocycles. The van der Waals surface area contributed by atoms with Crippen LogP contribution in [0, 0.1) is 5.92 Å². The molecular formula is C46H31N3O2. The summed E-state index contributed by atoms with van der Waals surface area (Å²) < 4.78 is 12.8. The van der Waals surface area contributed by atoms with Gasteiger partial charge in [-0.15, -0.1) is 0 Å². The van der Waals surface area contributed by atoms with Gasteiger partial charge in [-0.05, 0) is 58.5 Å². The number of benzene rings is 6. The van der Waals surface area contributed by atoms with E-state index in [0.29, 0.717) is 17.5 Å². The molecule has 242 valence electrons. The molecule has 0 N–H and O–H groups in total. The Morgan fingerprint density at radius 3 is 1.86 bits per heavy atom. The third-order valence-electron chi connectivity index (χ3n) is 10.0. The van der Waals surface area contributed by atoms with Gasteiger partial charge in [-0.1, -0.05) is 134 Å². The maximum Gasteiger partial charge on any atom is 0.164 e. The normalized spacial score (nSPS) is 16.3. The molecule has 0 amide bonds. The van der Waals surface area contributed by atoms with Crippen molar-refractivity contribution in [2.75, 3.05) is 0 Å². The average Bonchev–Trinajstić information content (AvgIpc) is 3.76. The number of furan rings is 1. The molecule has 0 spiro atoms. The Morgan fingerprint density at radius 2 is 1.08 bits per heavy atom. The molecular weight excluding hydrogens is 627 g/mol. The minimum absolute atomic E-state index is 0.135. The van der Waals surface area contributed by atoms with Gasteiger partial charge in [0.2, 0.25) is 0 Å². The summed E-state index contributed by atoms with van der Waals surface area (Å²) in [5.41, 5.74) is 10.2. The van der Waals surface area contributed by atoms with Crippen LogP contribution in [0.5, 0.6) is 5.75 Å². The lowest BCUT2D eigenvalue weighted by Gasteiger charge is -2.22. The maximum atomic E-state index is 6.59. The molecule has 2 atom stereocenters. The van der Waals surface area contributed by atoms with E-state index in [0.717, 1.165) is 66.8 Å². The second kappa shape index (κ2) is 11.8. The van der Waals surface area contributed by atoms with Crippen LogP contribution in [0.2, 0.25) is 0 Å². The van der Waals surface area contributed by atoms with Gasteiger partial charge in [0.05, 0.1) is 5.92 Å². The van der Waals surface area contributed by atoms with Crippen LogP contribution in [-0.2, 0) is 0 Å². The topological polar surface area (TPSA) is 61.0 Å². The largest absolute Gasteiger partial charge is 0.461 e. The number of rotatable bonds is 5. The predicted octanol–water partition coefficient (Wildman–Crippen LogP) is 11.5. The van der Waals surface area contributed by atoms with Crippen molar-refractivity contribution in [2.45, 2.75) is 12.8 Å². The van der Waals surface area contributed by atoms with E-state index in [4.69, 9.17) is 24.1 Å². The summed E-state index contributed by atoms with van der Waals surface area (Å²) in [5, 5.41) is 2.15. The molecule has 6 aromatic carbocycles. The lowest BCUT2D eigenvalue weighted by atomic mass is 9.81. The van der Waals surface area contributed by atoms with E-state index in [-0.39, 0.29) is 11.8 Å². The minimum Gasteiger partial charge on any atom is -0.461 e. The summed E-state index contributed by atoms with van der Waals surface area (Å²) in [4.78, 5) is 15.2. The van der Waals surface area contributed by atoms with Crippen molar-refractivity contribution in [1.29, 1.82) is 0 Å². The standard InChI is InChI=1S/C46H31N3O2/c1-28-24-35(27-42-43(28)38-23-20-33(25-41(38)51-42)30-12-6-3-7-13-30)46-48-44(32-18-16-31(17-19-32)29-10-4-2-5-11-29)47-45(49-46)34-21-22-37-36-14-8-9-15-39(36)50-40(37)26-34/h2-28,43H,1H3. The fourth-order valence-electron chi connectivity index (χ4n) is 7.49. The van der Waals surface area contributed by atoms with Crippen molar-refractivity contribution in [3.8, 4) is 50.8 Å². The second-order valence-corrected chi connectivity index (χ2v) is 13.3. The third kappa shape index (κ3) is 5.13. The molecule has 0 bridgehead atoms. The number of ether oxygens (including phenoxy) is 1. The first kappa shape index (κ1) is 29.3. The van der Waals surface area contributed by atoms with Crippen LogP contribution in [0.15, 0.2) is 168 Å². The highest BCUT2D eigenvalue weighted by molar-refractivity contribution is 6.05. The van der Waals surface area contributed by atoms with Crippen molar-refractivity contribution in [2.24, 2.45) is 5.92 Å². The predicted molar refractivity (Wildman–Crippen MR) is 204 cm³/mol. The van der Waals surface area contributed by atoms with E-state index >= 15 is 0 Å². The number of para-hydroxylation sites is 1. The highest BCUT2D eigenvalue weighted by Gasteiger charge is 2.36. The molecule has 51 heavy (non-hydrogen) atoms. The molecule has 2 unspecified atom stereocenters. The Kier molecular flexibility index (Phi) is 6.78. The first-order chi connectivity index (χ1) is 25.1. The number of allylic oxidation sites excluding steroid dienone is 4. The minimum atomic E-state index is 0.135. The van der Waals surface area contributed by atoms with Gasteiger partial charge in [-0.2, -0.15) is 0 Å². The molecule has 1 aliphatic carbocycles. The van der Waals surface area contributed by atoms with Crippen molar-refractivity contribution in [1.82, 2.24) is 15.0 Å². The lowest BCUT2D eigenvalue weighted by molar-refractivity contribution is 0.405. The second-order valence-electron chi connectivity index (χ2n) is 13.3. The van der Waals surface area contributed by atoms with Crippen LogP contribution in [0.3, 0.4) is 0 Å². The molecule has 0 saturated carbocycles. The molecule has 1 aliphatic heterocycles. The smallest absolute Gasteiger partial charge is 0.164 e. The van der Waals surface area contributed by atoms with Gasteiger partial charge in [0.1, 0.15) is 22.7 Å². The maximum absolute atomic E-state index is 6.59. The van der Waals surface area contributed by atoms with Crippen LogP contribution >= 0.6 is 0 Å². The van der Waals surface area contributed by atoms with Crippen molar-refractivity contribution >= 4 is 27.5 Å². The van der Waals surface area contributed by atoms with E-state index in [9.17, 15) is 0 Å². The number of hydrogen-bond donors (Lipinski definition) is 0. The van der Waals surface area contributed by atoms with Crippen LogP contribution in [-0.4, -0.2) is 15.0 Å². The third-order valence-corrected chi connectivity index (χ3v) is 10.0. The van der Waals surface area contributed by atoms with Crippen LogP contribution in [0.25, 0.3) is 72.5 Å². The summed E-state index contributed by atoms with van der Waals surface area (Å²) >= 11 is 0. The van der Waals surface area contributed by atoms with Gasteiger partial charge in [-0.25, -0.2) is 15.0 Å². The molecule has 5 heteroatoms. The summed E-state index contributed by atoms with van der Waals surface area (Å²) in [6.45, 7) is 2.24. The van der Waals surface area contributed by atoms with Crippen LogP contribution < -0.4 is 4.74 Å². The van der Waals surface area contributed by atoms with E-state index in [1.807, 2.05) is 36.4 Å². The number of hydrogen-bond acceptors (Lipinski definition) is 5. The summed E-state index contributed by atoms with van der Waals surface area (Å²) in [6, 6.07) is 50.1. The SMILES string of the molecule is CC1C=C(c2nc(-c3ccc(-c4ccccc4)cc3)nc(-c3ccc4c(c3)oc3ccccc34)n2)C=C2Oc3cc(-c4ccccc4)ccc3C21. The summed E-state index contributed by atoms with van der Waals surface area (Å²) in [5.74, 6) is 3.93. The Morgan fingerprint density at radius 1 is 0.490 bits per heavy atom. The first-order valence-electron chi connectivity index (χ1n) is 17.3. The summed E-state index contributed by atoms with van der Waals surface area (Å²) in [7, 11) is 0. The molecule has 2 aromatic heterocycles. The van der Waals surface area contributed by atoms with E-state index < -0.39 is 0 Å². The Hall–Kier alpha value is -6.59. The van der Waals surface area contributed by atoms with Crippen molar-refractivity contribution in [3.63, 3.8) is 0 Å². The fourth-order valence-corrected chi connectivity index (χ4v) is 7.49. The zero-order chi connectivity index (χ0) is 33.9. The van der Waals surface area contributed by atoms with Gasteiger partial charge in [0.15, 0.2) is 17.5 Å². The van der Waals surface area contributed by atoms with Gasteiger partial charge in [0.25, 0.3) is 0 Å². The fraction of sp³-hybridized carbons (Fsp3) is 0.0652. The van der Waals surface area contributed by atoms with Crippen LogP contribution in [0.4, 0.5) is 0 Å². The monoisotopic (exact) mass is 657 g/mol. The average molecular weight is 658 g/mol. The van der Waals surface area contributed by atoms with Crippen molar-refractivity contribution in [3.05, 3.63) is 175 Å². The highest BCUT2D eigenvalue weighted by atomic mass is 16.5. The molecule has 5 nitrogen and oxygen atoms in total. The van der Waals surface area contributed by atoms with Gasteiger partial charge in [-0.3, -0.25) is 0 Å². The van der Waals surface area contributed by atoms with Crippen molar-refractivity contribution < 1.29 is 9.15 Å². The Balaban J connectivity index is 1.06. The molecule has 8 aromatic rings. The zero-order valence-corrected chi connectivity index (χ0v) is 27.8. The van der Waals surface area contributed by atoms with Gasteiger partial charge >= 0.3 is 0 Å². The van der Waals surface area contributed by atoms with Crippen LogP contribution in [0.1, 0.15) is 24.2 Å². The first-order valence-corrected chi connectivity index (χ1v) is 17.3. The Labute approximate surface area is 295 Å². The number of nitrogens with zero attached hydrogens (tertiary/aromatic N) is 3. The molecule has 3 heterocycles. The number of aromatic nitrogens is 3. The van der Waals surface area contributed by atoms with Gasteiger partial charge < -0.3 is 9.15 Å². The molecule has 0 radical (unpaired) electrons. The van der Waals surface area contributed by atoms with E-state index in [1.54, 1.807) is 0 Å². The lowest BCUT2D eigenvalue weighted by Crippen LogP contribution is -2.14. The highest BCUT2D eigenvalue weighted by Crippen LogP contribution is 2.50. The quantitative estimate of drug-likeness (QED) is 0.184.